The summed E-state index contributed by atoms with van der Waals surface area (Å²) in [6.07, 6.45) is 11.5. The van der Waals surface area contributed by atoms with Crippen molar-refractivity contribution in [3.8, 4) is 0 Å². The molecule has 4 rings (SSSR count). The van der Waals surface area contributed by atoms with E-state index in [1.165, 1.54) is 67.9 Å². The van der Waals surface area contributed by atoms with Gasteiger partial charge in [-0.1, -0.05) is 44.5 Å². The number of nitrogens with one attached hydrogen (secondary N) is 1. The molecule has 0 unspecified atom stereocenters. The SMILES string of the molecule is CC(C)CCC1CCN(CCCc2ccc3c(c2)Nc2nccnc2S3)CC1. The molecular formula is C23H32N4S. The molecule has 4 nitrogen and oxygen atoms in total. The molecule has 1 saturated heterocycles. The lowest BCUT2D eigenvalue weighted by Gasteiger charge is -2.32. The normalized spacial score (nSPS) is 17.2. The molecule has 0 aliphatic carbocycles. The molecule has 0 spiro atoms. The van der Waals surface area contributed by atoms with E-state index in [9.17, 15) is 0 Å². The second kappa shape index (κ2) is 9.27. The molecule has 0 radical (unpaired) electrons. The first-order valence-electron chi connectivity index (χ1n) is 10.8. The van der Waals surface area contributed by atoms with Gasteiger partial charge in [-0.2, -0.15) is 0 Å². The van der Waals surface area contributed by atoms with Crippen LogP contribution in [0.3, 0.4) is 0 Å². The third-order valence-corrected chi connectivity index (χ3v) is 7.04. The van der Waals surface area contributed by atoms with E-state index < -0.39 is 0 Å². The van der Waals surface area contributed by atoms with Crippen molar-refractivity contribution in [3.05, 3.63) is 36.2 Å². The van der Waals surface area contributed by atoms with Gasteiger partial charge in [0.05, 0.1) is 5.69 Å². The minimum Gasteiger partial charge on any atom is -0.337 e. The van der Waals surface area contributed by atoms with Gasteiger partial charge in [0, 0.05) is 17.3 Å². The number of rotatable bonds is 7. The van der Waals surface area contributed by atoms with Crippen molar-refractivity contribution in [3.63, 3.8) is 0 Å². The summed E-state index contributed by atoms with van der Waals surface area (Å²) in [5.74, 6) is 2.69. The molecule has 2 aliphatic heterocycles. The van der Waals surface area contributed by atoms with Gasteiger partial charge in [-0.05, 0) is 74.8 Å². The molecule has 1 N–H and O–H groups in total. The third-order valence-electron chi connectivity index (χ3n) is 5.97. The predicted octanol–water partition coefficient (Wildman–Crippen LogP) is 5.77. The van der Waals surface area contributed by atoms with Crippen LogP contribution in [-0.2, 0) is 6.42 Å². The number of piperidine rings is 1. The monoisotopic (exact) mass is 396 g/mol. The lowest BCUT2D eigenvalue weighted by molar-refractivity contribution is 0.173. The standard InChI is InChI=1S/C23H32N4S/c1-17(2)5-6-18-9-14-27(15-10-18)13-3-4-19-7-8-21-20(16-19)26-22-23(28-21)25-12-11-24-22/h7-8,11-12,16-18H,3-6,9-10,13-15H2,1-2H3,(H,24,26). The average molecular weight is 397 g/mol. The Labute approximate surface area is 173 Å². The van der Waals surface area contributed by atoms with Gasteiger partial charge in [-0.15, -0.1) is 0 Å². The highest BCUT2D eigenvalue weighted by Gasteiger charge is 2.20. The van der Waals surface area contributed by atoms with Crippen molar-refractivity contribution in [1.82, 2.24) is 14.9 Å². The fourth-order valence-electron chi connectivity index (χ4n) is 4.21. The van der Waals surface area contributed by atoms with Gasteiger partial charge >= 0.3 is 0 Å². The Morgan fingerprint density at radius 3 is 2.82 bits per heavy atom. The molecule has 2 aromatic rings. The number of hydrogen-bond acceptors (Lipinski definition) is 5. The Bertz CT molecular complexity index is 784. The molecule has 0 amide bonds. The fraction of sp³-hybridized carbons (Fsp3) is 0.565. The molecule has 2 aliphatic rings. The average Bonchev–Trinajstić information content (AvgIpc) is 2.71. The smallest absolute Gasteiger partial charge is 0.163 e. The van der Waals surface area contributed by atoms with Crippen LogP contribution in [0.15, 0.2) is 40.5 Å². The lowest BCUT2D eigenvalue weighted by Crippen LogP contribution is -2.34. The van der Waals surface area contributed by atoms with Crippen LogP contribution < -0.4 is 5.32 Å². The molecule has 3 heterocycles. The van der Waals surface area contributed by atoms with Gasteiger partial charge in [0.25, 0.3) is 0 Å². The first kappa shape index (κ1) is 19.7. The largest absolute Gasteiger partial charge is 0.337 e. The Morgan fingerprint density at radius 1 is 1.18 bits per heavy atom. The van der Waals surface area contributed by atoms with E-state index in [4.69, 9.17) is 0 Å². The predicted molar refractivity (Wildman–Crippen MR) is 117 cm³/mol. The first-order chi connectivity index (χ1) is 13.7. The van der Waals surface area contributed by atoms with E-state index in [0.717, 1.165) is 29.1 Å². The van der Waals surface area contributed by atoms with Crippen LogP contribution >= 0.6 is 11.8 Å². The molecule has 1 aromatic carbocycles. The Kier molecular flexibility index (Phi) is 6.53. The molecule has 0 saturated carbocycles. The highest BCUT2D eigenvalue weighted by atomic mass is 32.2. The molecule has 0 atom stereocenters. The molecule has 28 heavy (non-hydrogen) atoms. The quantitative estimate of drug-likeness (QED) is 0.549. The van der Waals surface area contributed by atoms with Crippen LogP contribution in [0.5, 0.6) is 0 Å². The summed E-state index contributed by atoms with van der Waals surface area (Å²) in [7, 11) is 0. The van der Waals surface area contributed by atoms with Gasteiger partial charge in [0.1, 0.15) is 5.03 Å². The van der Waals surface area contributed by atoms with Crippen molar-refractivity contribution in [2.75, 3.05) is 25.0 Å². The van der Waals surface area contributed by atoms with E-state index in [1.54, 1.807) is 24.2 Å². The van der Waals surface area contributed by atoms with E-state index in [0.29, 0.717) is 0 Å². The topological polar surface area (TPSA) is 41.0 Å². The van der Waals surface area contributed by atoms with Crippen LogP contribution in [0.1, 0.15) is 51.5 Å². The third kappa shape index (κ3) is 5.06. The van der Waals surface area contributed by atoms with E-state index >= 15 is 0 Å². The molecule has 150 valence electrons. The van der Waals surface area contributed by atoms with Crippen molar-refractivity contribution >= 4 is 23.3 Å². The van der Waals surface area contributed by atoms with Gasteiger partial charge in [0.15, 0.2) is 5.82 Å². The molecule has 1 fully saturated rings. The maximum Gasteiger partial charge on any atom is 0.163 e. The van der Waals surface area contributed by atoms with E-state index in [2.05, 4.69) is 52.2 Å². The van der Waals surface area contributed by atoms with Crippen molar-refractivity contribution < 1.29 is 0 Å². The van der Waals surface area contributed by atoms with Crippen molar-refractivity contribution in [2.24, 2.45) is 11.8 Å². The Morgan fingerprint density at radius 2 is 2.00 bits per heavy atom. The molecule has 1 aromatic heterocycles. The summed E-state index contributed by atoms with van der Waals surface area (Å²) in [5, 5.41) is 4.40. The summed E-state index contributed by atoms with van der Waals surface area (Å²) in [6, 6.07) is 6.78. The summed E-state index contributed by atoms with van der Waals surface area (Å²) < 4.78 is 0. The van der Waals surface area contributed by atoms with Gasteiger partial charge in [-0.3, -0.25) is 0 Å². The number of nitrogens with zero attached hydrogens (tertiary/aromatic N) is 3. The maximum absolute atomic E-state index is 4.40. The lowest BCUT2D eigenvalue weighted by atomic mass is 9.89. The number of anilines is 2. The van der Waals surface area contributed by atoms with Crippen LogP contribution in [0, 0.1) is 11.8 Å². The summed E-state index contributed by atoms with van der Waals surface area (Å²) >= 11 is 1.70. The maximum atomic E-state index is 4.40. The second-order valence-electron chi connectivity index (χ2n) is 8.63. The Balaban J connectivity index is 1.23. The van der Waals surface area contributed by atoms with Crippen molar-refractivity contribution in [1.29, 1.82) is 0 Å². The molecule has 0 bridgehead atoms. The molecular weight excluding hydrogens is 364 g/mol. The van der Waals surface area contributed by atoms with E-state index in [1.807, 2.05) is 0 Å². The van der Waals surface area contributed by atoms with Gasteiger partial charge < -0.3 is 10.2 Å². The zero-order valence-corrected chi connectivity index (χ0v) is 18.0. The van der Waals surface area contributed by atoms with Gasteiger partial charge in [-0.25, -0.2) is 9.97 Å². The number of benzene rings is 1. The van der Waals surface area contributed by atoms with Crippen molar-refractivity contribution in [2.45, 2.75) is 62.3 Å². The number of likely N-dealkylation sites (tertiary alicyclic amines) is 1. The zero-order valence-electron chi connectivity index (χ0n) is 17.2. The summed E-state index contributed by atoms with van der Waals surface area (Å²) in [5.41, 5.74) is 2.58. The van der Waals surface area contributed by atoms with Crippen LogP contribution in [0.2, 0.25) is 0 Å². The van der Waals surface area contributed by atoms with Crippen LogP contribution in [0.25, 0.3) is 0 Å². The number of aromatic nitrogens is 2. The second-order valence-corrected chi connectivity index (χ2v) is 9.66. The minimum atomic E-state index is 0.850. The highest BCUT2D eigenvalue weighted by Crippen LogP contribution is 2.42. The van der Waals surface area contributed by atoms with Gasteiger partial charge in [0.2, 0.25) is 0 Å². The number of fused-ring (bicyclic) bond motifs is 2. The summed E-state index contributed by atoms with van der Waals surface area (Å²) in [6.45, 7) is 8.50. The first-order valence-corrected chi connectivity index (χ1v) is 11.6. The fourth-order valence-corrected chi connectivity index (χ4v) is 5.09. The summed E-state index contributed by atoms with van der Waals surface area (Å²) in [4.78, 5) is 12.7. The van der Waals surface area contributed by atoms with E-state index in [-0.39, 0.29) is 0 Å². The Hall–Kier alpha value is -1.59. The van der Waals surface area contributed by atoms with Crippen LogP contribution in [-0.4, -0.2) is 34.5 Å². The zero-order chi connectivity index (χ0) is 19.3. The highest BCUT2D eigenvalue weighted by molar-refractivity contribution is 7.99. The number of aryl methyl sites for hydroxylation is 1. The number of hydrogen-bond donors (Lipinski definition) is 1. The minimum absolute atomic E-state index is 0.850. The van der Waals surface area contributed by atoms with Crippen LogP contribution in [0.4, 0.5) is 11.5 Å². The molecule has 5 heteroatoms.